The van der Waals surface area contributed by atoms with Gasteiger partial charge in [-0.1, -0.05) is 30.3 Å². The fraction of sp³-hybridized carbons (Fsp3) is 0.650. The first kappa shape index (κ1) is 17.0. The van der Waals surface area contributed by atoms with Gasteiger partial charge in [-0.05, 0) is 24.3 Å². The Balaban J connectivity index is 1.40. The van der Waals surface area contributed by atoms with Gasteiger partial charge in [0.2, 0.25) is 5.91 Å². The summed E-state index contributed by atoms with van der Waals surface area (Å²) in [6.07, 6.45) is 3.17. The van der Waals surface area contributed by atoms with Crippen molar-refractivity contribution in [1.82, 2.24) is 9.80 Å². The molecule has 1 amide bonds. The number of amides is 1. The maximum absolute atomic E-state index is 12.8. The first-order chi connectivity index (χ1) is 12.2. The van der Waals surface area contributed by atoms with Gasteiger partial charge in [-0.3, -0.25) is 9.69 Å². The molecule has 2 heterocycles. The Labute approximate surface area is 149 Å². The fourth-order valence-corrected chi connectivity index (χ4v) is 3.93. The zero-order valence-electron chi connectivity index (χ0n) is 14.9. The molecule has 0 N–H and O–H groups in total. The van der Waals surface area contributed by atoms with Crippen LogP contribution in [0.25, 0.3) is 0 Å². The smallest absolute Gasteiger partial charge is 0.227 e. The van der Waals surface area contributed by atoms with Crippen molar-refractivity contribution in [3.8, 4) is 0 Å². The zero-order chi connectivity index (χ0) is 17.1. The molecule has 1 aromatic carbocycles. The normalized spacial score (nSPS) is 28.1. The molecule has 4 rings (SSSR count). The lowest BCUT2D eigenvalue weighted by Crippen LogP contribution is -2.60. The highest BCUT2D eigenvalue weighted by molar-refractivity contribution is 5.79. The van der Waals surface area contributed by atoms with Crippen molar-refractivity contribution >= 4 is 5.91 Å². The van der Waals surface area contributed by atoms with Crippen molar-refractivity contribution in [3.63, 3.8) is 0 Å². The van der Waals surface area contributed by atoms with E-state index in [0.717, 1.165) is 37.7 Å². The third-order valence-electron chi connectivity index (χ3n) is 5.44. The predicted molar refractivity (Wildman–Crippen MR) is 95.4 cm³/mol. The zero-order valence-corrected chi connectivity index (χ0v) is 14.9. The average molecular weight is 344 g/mol. The first-order valence-electron chi connectivity index (χ1n) is 9.48. The first-order valence-corrected chi connectivity index (χ1v) is 9.48. The van der Waals surface area contributed by atoms with Crippen molar-refractivity contribution in [2.75, 3.05) is 52.5 Å². The van der Waals surface area contributed by atoms with E-state index in [9.17, 15) is 4.79 Å². The monoisotopic (exact) mass is 344 g/mol. The van der Waals surface area contributed by atoms with Gasteiger partial charge in [0, 0.05) is 26.2 Å². The number of ether oxygens (including phenoxy) is 2. The summed E-state index contributed by atoms with van der Waals surface area (Å²) in [5.74, 6) is 1.04. The van der Waals surface area contributed by atoms with E-state index in [1.165, 1.54) is 12.8 Å². The summed E-state index contributed by atoms with van der Waals surface area (Å²) in [5.41, 5.74) is 0.705. The molecule has 1 aliphatic carbocycles. The van der Waals surface area contributed by atoms with Crippen LogP contribution in [0.2, 0.25) is 0 Å². The summed E-state index contributed by atoms with van der Waals surface area (Å²) in [5, 5.41) is 0. The van der Waals surface area contributed by atoms with Gasteiger partial charge in [0.1, 0.15) is 5.60 Å². The van der Waals surface area contributed by atoms with Gasteiger partial charge in [-0.15, -0.1) is 0 Å². The molecule has 2 saturated heterocycles. The van der Waals surface area contributed by atoms with Crippen LogP contribution >= 0.6 is 0 Å². The summed E-state index contributed by atoms with van der Waals surface area (Å²) in [7, 11) is 0. The molecule has 2 aliphatic heterocycles. The summed E-state index contributed by atoms with van der Waals surface area (Å²) in [6.45, 7) is 6.25. The lowest BCUT2D eigenvalue weighted by atomic mass is 10.0. The largest absolute Gasteiger partial charge is 0.377 e. The highest BCUT2D eigenvalue weighted by atomic mass is 16.5. The van der Waals surface area contributed by atoms with Gasteiger partial charge in [0.25, 0.3) is 0 Å². The SMILES string of the molecule is O=C(Cc1ccccc1)N1CCO[C@@]2(COCCN(CC3CC3)C2)C1. The number of nitrogens with zero attached hydrogens (tertiary/aromatic N) is 2. The molecule has 3 aliphatic rings. The molecule has 1 atom stereocenters. The number of morpholine rings is 1. The number of rotatable bonds is 4. The minimum absolute atomic E-state index is 0.187. The van der Waals surface area contributed by atoms with Crippen LogP contribution in [0.1, 0.15) is 18.4 Å². The topological polar surface area (TPSA) is 42.0 Å². The van der Waals surface area contributed by atoms with E-state index in [1.54, 1.807) is 0 Å². The van der Waals surface area contributed by atoms with Crippen molar-refractivity contribution in [1.29, 1.82) is 0 Å². The van der Waals surface area contributed by atoms with Crippen LogP contribution in [-0.4, -0.2) is 73.9 Å². The van der Waals surface area contributed by atoms with Crippen LogP contribution in [0.4, 0.5) is 0 Å². The Bertz CT molecular complexity index is 590. The van der Waals surface area contributed by atoms with Crippen LogP contribution in [0.5, 0.6) is 0 Å². The molecule has 136 valence electrons. The quantitative estimate of drug-likeness (QED) is 0.831. The molecule has 0 bridgehead atoms. The number of benzene rings is 1. The molecule has 0 unspecified atom stereocenters. The van der Waals surface area contributed by atoms with Crippen LogP contribution in [0, 0.1) is 5.92 Å². The van der Waals surface area contributed by atoms with E-state index in [2.05, 4.69) is 4.90 Å². The third-order valence-corrected chi connectivity index (χ3v) is 5.44. The van der Waals surface area contributed by atoms with Gasteiger partial charge < -0.3 is 14.4 Å². The van der Waals surface area contributed by atoms with Gasteiger partial charge in [0.15, 0.2) is 0 Å². The van der Waals surface area contributed by atoms with Gasteiger partial charge >= 0.3 is 0 Å². The van der Waals surface area contributed by atoms with E-state index >= 15 is 0 Å². The van der Waals surface area contributed by atoms with Crippen molar-refractivity contribution in [3.05, 3.63) is 35.9 Å². The second-order valence-electron chi connectivity index (χ2n) is 7.74. The van der Waals surface area contributed by atoms with Gasteiger partial charge in [-0.2, -0.15) is 0 Å². The second kappa shape index (κ2) is 7.44. The lowest BCUT2D eigenvalue weighted by Gasteiger charge is -2.43. The number of hydrogen-bond donors (Lipinski definition) is 0. The van der Waals surface area contributed by atoms with Crippen LogP contribution in [-0.2, 0) is 20.7 Å². The van der Waals surface area contributed by atoms with Gasteiger partial charge in [0.05, 0.1) is 32.8 Å². The average Bonchev–Trinajstić information content (AvgIpc) is 3.45. The molecule has 1 aromatic rings. The minimum atomic E-state index is -0.365. The molecule has 25 heavy (non-hydrogen) atoms. The Morgan fingerprint density at radius 2 is 1.96 bits per heavy atom. The summed E-state index contributed by atoms with van der Waals surface area (Å²) in [4.78, 5) is 17.2. The van der Waals surface area contributed by atoms with Gasteiger partial charge in [-0.25, -0.2) is 0 Å². The molecule has 5 nitrogen and oxygen atoms in total. The van der Waals surface area contributed by atoms with E-state index in [1.807, 2.05) is 35.2 Å². The Hall–Kier alpha value is -1.43. The minimum Gasteiger partial charge on any atom is -0.377 e. The molecular formula is C20H28N2O3. The summed E-state index contributed by atoms with van der Waals surface area (Å²) < 4.78 is 12.1. The summed E-state index contributed by atoms with van der Waals surface area (Å²) >= 11 is 0. The molecule has 3 fully saturated rings. The fourth-order valence-electron chi connectivity index (χ4n) is 3.93. The number of carbonyl (C=O) groups excluding carboxylic acids is 1. The van der Waals surface area contributed by atoms with E-state index in [0.29, 0.717) is 32.7 Å². The lowest BCUT2D eigenvalue weighted by molar-refractivity contribution is -0.161. The van der Waals surface area contributed by atoms with Crippen molar-refractivity contribution < 1.29 is 14.3 Å². The number of hydrogen-bond acceptors (Lipinski definition) is 4. The maximum atomic E-state index is 12.8. The standard InChI is InChI=1S/C20H28N2O3/c23-19(12-17-4-2-1-3-5-17)22-9-11-25-20(15-22)14-21(8-10-24-16-20)13-18-6-7-18/h1-5,18H,6-16H2/t20-/m1/s1. The van der Waals surface area contributed by atoms with Crippen LogP contribution in [0.15, 0.2) is 30.3 Å². The van der Waals surface area contributed by atoms with E-state index in [-0.39, 0.29) is 11.5 Å². The number of carbonyl (C=O) groups is 1. The van der Waals surface area contributed by atoms with Crippen molar-refractivity contribution in [2.24, 2.45) is 5.92 Å². The van der Waals surface area contributed by atoms with Crippen LogP contribution in [0.3, 0.4) is 0 Å². The Morgan fingerprint density at radius 3 is 2.76 bits per heavy atom. The molecule has 0 radical (unpaired) electrons. The maximum Gasteiger partial charge on any atom is 0.227 e. The molecule has 1 spiro atoms. The molecule has 0 aromatic heterocycles. The third kappa shape index (κ3) is 4.40. The van der Waals surface area contributed by atoms with Crippen molar-refractivity contribution in [2.45, 2.75) is 24.9 Å². The Kier molecular flexibility index (Phi) is 5.06. The highest BCUT2D eigenvalue weighted by Crippen LogP contribution is 2.31. The predicted octanol–water partition coefficient (Wildman–Crippen LogP) is 1.57. The van der Waals surface area contributed by atoms with E-state index < -0.39 is 0 Å². The van der Waals surface area contributed by atoms with Crippen LogP contribution < -0.4 is 0 Å². The molecule has 1 saturated carbocycles. The Morgan fingerprint density at radius 1 is 1.12 bits per heavy atom. The molecule has 5 heteroatoms. The second-order valence-corrected chi connectivity index (χ2v) is 7.74. The summed E-state index contributed by atoms with van der Waals surface area (Å²) in [6, 6.07) is 9.98. The molecular weight excluding hydrogens is 316 g/mol. The highest BCUT2D eigenvalue weighted by Gasteiger charge is 2.42. The van der Waals surface area contributed by atoms with E-state index in [4.69, 9.17) is 9.47 Å².